The first kappa shape index (κ1) is 12.5. The Bertz CT molecular complexity index is 806. The van der Waals surface area contributed by atoms with E-state index in [0.29, 0.717) is 18.4 Å². The topological polar surface area (TPSA) is 99.8 Å². The fourth-order valence-corrected chi connectivity index (χ4v) is 2.90. The number of aryl methyl sites for hydroxylation is 1. The molecule has 1 aliphatic rings. The normalized spacial score (nSPS) is 17.4. The molecular formula is C14H13NO5. The number of aromatic nitrogens is 1. The van der Waals surface area contributed by atoms with Gasteiger partial charge < -0.3 is 19.9 Å². The number of carboxylic acid groups (broad SMARTS) is 1. The summed E-state index contributed by atoms with van der Waals surface area (Å²) in [6.45, 7) is 1.83. The predicted octanol–water partition coefficient (Wildman–Crippen LogP) is 1.62. The van der Waals surface area contributed by atoms with E-state index in [2.05, 4.69) is 0 Å². The summed E-state index contributed by atoms with van der Waals surface area (Å²) in [6.07, 6.45) is 1.34. The van der Waals surface area contributed by atoms with E-state index in [1.54, 1.807) is 6.07 Å². The van der Waals surface area contributed by atoms with Crippen LogP contribution in [0.5, 0.6) is 11.5 Å². The number of aromatic hydroxyl groups is 2. The number of aromatic carboxylic acids is 1. The van der Waals surface area contributed by atoms with Gasteiger partial charge >= 0.3 is 5.97 Å². The van der Waals surface area contributed by atoms with Crippen LogP contribution in [0.1, 0.15) is 35.3 Å². The second-order valence-corrected chi connectivity index (χ2v) is 5.09. The third-order valence-electron chi connectivity index (χ3n) is 3.83. The maximum Gasteiger partial charge on any atom is 0.345 e. The van der Waals surface area contributed by atoms with Crippen LogP contribution in [0.25, 0.3) is 10.9 Å². The van der Waals surface area contributed by atoms with Crippen LogP contribution in [0, 0.1) is 0 Å². The Morgan fingerprint density at radius 2 is 2.05 bits per heavy atom. The largest absolute Gasteiger partial charge is 0.508 e. The van der Waals surface area contributed by atoms with Gasteiger partial charge in [-0.2, -0.15) is 0 Å². The second-order valence-electron chi connectivity index (χ2n) is 5.09. The molecule has 2 aromatic rings. The zero-order chi connectivity index (χ0) is 14.6. The highest BCUT2D eigenvalue weighted by Crippen LogP contribution is 2.37. The molecule has 0 fully saturated rings. The van der Waals surface area contributed by atoms with E-state index < -0.39 is 22.8 Å². The Labute approximate surface area is 113 Å². The molecule has 0 radical (unpaired) electrons. The highest BCUT2D eigenvalue weighted by molar-refractivity contribution is 6.00. The van der Waals surface area contributed by atoms with Crippen molar-refractivity contribution in [3.05, 3.63) is 33.6 Å². The summed E-state index contributed by atoms with van der Waals surface area (Å²) in [5.41, 5.74) is -0.110. The van der Waals surface area contributed by atoms with Crippen molar-refractivity contribution in [2.75, 3.05) is 0 Å². The predicted molar refractivity (Wildman–Crippen MR) is 71.5 cm³/mol. The van der Waals surface area contributed by atoms with Crippen LogP contribution < -0.4 is 5.56 Å². The monoisotopic (exact) mass is 275 g/mol. The average Bonchev–Trinajstić information content (AvgIpc) is 2.36. The fraction of sp³-hybridized carbons (Fsp3) is 0.286. The first-order chi connectivity index (χ1) is 9.41. The zero-order valence-electron chi connectivity index (χ0n) is 10.8. The van der Waals surface area contributed by atoms with Crippen molar-refractivity contribution < 1.29 is 20.1 Å². The summed E-state index contributed by atoms with van der Waals surface area (Å²) >= 11 is 0. The maximum absolute atomic E-state index is 12.3. The molecule has 0 saturated heterocycles. The van der Waals surface area contributed by atoms with E-state index in [0.717, 1.165) is 5.56 Å². The lowest BCUT2D eigenvalue weighted by molar-refractivity contribution is 0.0691. The molecule has 3 rings (SSSR count). The standard InChI is InChI=1S/C14H13NO5/c1-6-2-3-7-4-8(16)5-9-11(7)15(6)13(18)10(12(9)17)14(19)20/h4-6,16-17H,2-3H2,1H3,(H,19,20). The van der Waals surface area contributed by atoms with Gasteiger partial charge in [-0.15, -0.1) is 0 Å². The third-order valence-corrected chi connectivity index (χ3v) is 3.83. The van der Waals surface area contributed by atoms with Gasteiger partial charge in [0.05, 0.1) is 5.52 Å². The van der Waals surface area contributed by atoms with E-state index in [1.165, 1.54) is 10.6 Å². The number of pyridine rings is 1. The van der Waals surface area contributed by atoms with E-state index >= 15 is 0 Å². The maximum atomic E-state index is 12.3. The highest BCUT2D eigenvalue weighted by atomic mass is 16.4. The molecule has 0 amide bonds. The van der Waals surface area contributed by atoms with Crippen LogP contribution in [-0.2, 0) is 6.42 Å². The number of carboxylic acids is 1. The van der Waals surface area contributed by atoms with Gasteiger partial charge in [-0.1, -0.05) is 0 Å². The summed E-state index contributed by atoms with van der Waals surface area (Å²) in [5, 5.41) is 29.1. The quantitative estimate of drug-likeness (QED) is 0.734. The molecule has 1 aromatic carbocycles. The lowest BCUT2D eigenvalue weighted by Gasteiger charge is -2.26. The van der Waals surface area contributed by atoms with Crippen LogP contribution in [0.3, 0.4) is 0 Å². The first-order valence-corrected chi connectivity index (χ1v) is 6.28. The van der Waals surface area contributed by atoms with Crippen LogP contribution in [0.2, 0.25) is 0 Å². The molecule has 1 aliphatic heterocycles. The highest BCUT2D eigenvalue weighted by Gasteiger charge is 2.28. The van der Waals surface area contributed by atoms with Gasteiger partial charge in [0.1, 0.15) is 11.5 Å². The smallest absolute Gasteiger partial charge is 0.345 e. The SMILES string of the molecule is CC1CCc2cc(O)cc3c(O)c(C(=O)O)c(=O)n1c23. The molecule has 20 heavy (non-hydrogen) atoms. The average molecular weight is 275 g/mol. The number of phenols is 1. The third kappa shape index (κ3) is 1.51. The van der Waals surface area contributed by atoms with Gasteiger partial charge in [0.15, 0.2) is 5.56 Å². The van der Waals surface area contributed by atoms with Crippen molar-refractivity contribution in [2.24, 2.45) is 0 Å². The number of rotatable bonds is 1. The van der Waals surface area contributed by atoms with Crippen LogP contribution in [0.4, 0.5) is 0 Å². The molecule has 6 heteroatoms. The zero-order valence-corrected chi connectivity index (χ0v) is 10.8. The van der Waals surface area contributed by atoms with Crippen molar-refractivity contribution in [1.82, 2.24) is 4.57 Å². The number of phenolic OH excluding ortho intramolecular Hbond substituents is 1. The number of benzene rings is 1. The minimum atomic E-state index is -1.47. The van der Waals surface area contributed by atoms with Crippen molar-refractivity contribution in [2.45, 2.75) is 25.8 Å². The molecule has 1 aromatic heterocycles. The minimum Gasteiger partial charge on any atom is -0.508 e. The number of hydrogen-bond acceptors (Lipinski definition) is 4. The van der Waals surface area contributed by atoms with Crippen molar-refractivity contribution in [3.8, 4) is 11.5 Å². The molecule has 0 spiro atoms. The first-order valence-electron chi connectivity index (χ1n) is 6.28. The van der Waals surface area contributed by atoms with E-state index in [1.807, 2.05) is 6.92 Å². The van der Waals surface area contributed by atoms with E-state index in [4.69, 9.17) is 5.11 Å². The van der Waals surface area contributed by atoms with Gasteiger partial charge in [-0.05, 0) is 37.5 Å². The molecule has 1 atom stereocenters. The Balaban J connectivity index is 2.61. The Morgan fingerprint density at radius 3 is 2.70 bits per heavy atom. The number of nitrogens with zero attached hydrogens (tertiary/aromatic N) is 1. The van der Waals surface area contributed by atoms with Crippen LogP contribution in [0.15, 0.2) is 16.9 Å². The van der Waals surface area contributed by atoms with Crippen molar-refractivity contribution in [3.63, 3.8) is 0 Å². The summed E-state index contributed by atoms with van der Waals surface area (Å²) in [5.74, 6) is -2.11. The lowest BCUT2D eigenvalue weighted by Crippen LogP contribution is -2.31. The Hall–Kier alpha value is -2.50. The van der Waals surface area contributed by atoms with Crippen LogP contribution >= 0.6 is 0 Å². The molecule has 104 valence electrons. The van der Waals surface area contributed by atoms with Gasteiger partial charge in [0.2, 0.25) is 0 Å². The summed E-state index contributed by atoms with van der Waals surface area (Å²) in [4.78, 5) is 23.5. The summed E-state index contributed by atoms with van der Waals surface area (Å²) in [7, 11) is 0. The lowest BCUT2D eigenvalue weighted by atomic mass is 9.95. The van der Waals surface area contributed by atoms with Gasteiger partial charge in [0.25, 0.3) is 5.56 Å². The summed E-state index contributed by atoms with van der Waals surface area (Å²) < 4.78 is 1.40. The van der Waals surface area contributed by atoms with Gasteiger partial charge in [-0.25, -0.2) is 4.79 Å². The molecule has 0 aliphatic carbocycles. The second kappa shape index (κ2) is 4.00. The van der Waals surface area contributed by atoms with Crippen molar-refractivity contribution >= 4 is 16.9 Å². The molecule has 2 heterocycles. The summed E-state index contributed by atoms with van der Waals surface area (Å²) in [6, 6.07) is 2.68. The molecular weight excluding hydrogens is 262 g/mol. The fourth-order valence-electron chi connectivity index (χ4n) is 2.90. The Kier molecular flexibility index (Phi) is 2.50. The Morgan fingerprint density at radius 1 is 1.35 bits per heavy atom. The molecule has 0 bridgehead atoms. The number of carbonyl (C=O) groups is 1. The van der Waals surface area contributed by atoms with Crippen molar-refractivity contribution in [1.29, 1.82) is 0 Å². The molecule has 1 unspecified atom stereocenters. The van der Waals surface area contributed by atoms with E-state index in [-0.39, 0.29) is 17.2 Å². The molecule has 3 N–H and O–H groups in total. The molecule has 0 saturated carbocycles. The minimum absolute atomic E-state index is 0.0566. The number of hydrogen-bond donors (Lipinski definition) is 3. The van der Waals surface area contributed by atoms with Gasteiger partial charge in [-0.3, -0.25) is 4.79 Å². The molecule has 6 nitrogen and oxygen atoms in total. The van der Waals surface area contributed by atoms with Gasteiger partial charge in [0, 0.05) is 11.4 Å². The van der Waals surface area contributed by atoms with E-state index in [9.17, 15) is 19.8 Å². The van der Waals surface area contributed by atoms with Crippen LogP contribution in [-0.4, -0.2) is 25.9 Å².